The van der Waals surface area contributed by atoms with Gasteiger partial charge in [0.05, 0.1) is 11.9 Å². The SMILES string of the molecule is C/C(=C/O)c1ccccc1N=C1CCSC(C)C1. The first-order chi connectivity index (χ1) is 8.70. The van der Waals surface area contributed by atoms with Crippen molar-refractivity contribution >= 4 is 28.7 Å². The van der Waals surface area contributed by atoms with E-state index in [1.54, 1.807) is 0 Å². The van der Waals surface area contributed by atoms with Crippen molar-refractivity contribution in [1.29, 1.82) is 0 Å². The number of hydrogen-bond donors (Lipinski definition) is 1. The first-order valence-corrected chi connectivity index (χ1v) is 7.34. The number of aliphatic hydroxyl groups is 1. The van der Waals surface area contributed by atoms with Gasteiger partial charge in [-0.15, -0.1) is 0 Å². The van der Waals surface area contributed by atoms with Crippen molar-refractivity contribution in [1.82, 2.24) is 0 Å². The van der Waals surface area contributed by atoms with Crippen molar-refractivity contribution in [3.05, 3.63) is 36.1 Å². The minimum absolute atomic E-state index is 0.666. The minimum atomic E-state index is 0.666. The first kappa shape index (κ1) is 13.2. The second kappa shape index (κ2) is 6.10. The summed E-state index contributed by atoms with van der Waals surface area (Å²) >= 11 is 2.02. The van der Waals surface area contributed by atoms with Gasteiger partial charge in [-0.1, -0.05) is 25.1 Å². The van der Waals surface area contributed by atoms with E-state index >= 15 is 0 Å². The lowest BCUT2D eigenvalue weighted by Gasteiger charge is -2.19. The Kier molecular flexibility index (Phi) is 4.48. The highest BCUT2D eigenvalue weighted by Gasteiger charge is 2.15. The second-order valence-electron chi connectivity index (χ2n) is 4.64. The zero-order valence-corrected chi connectivity index (χ0v) is 11.7. The molecule has 2 nitrogen and oxygen atoms in total. The zero-order valence-electron chi connectivity index (χ0n) is 10.9. The fourth-order valence-corrected chi connectivity index (χ4v) is 3.18. The van der Waals surface area contributed by atoms with Gasteiger partial charge in [0.1, 0.15) is 0 Å². The van der Waals surface area contributed by atoms with Crippen LogP contribution in [-0.2, 0) is 0 Å². The predicted octanol–water partition coefficient (Wildman–Crippen LogP) is 4.59. The molecule has 18 heavy (non-hydrogen) atoms. The number of aliphatic imine (C=N–C) groups is 1. The van der Waals surface area contributed by atoms with E-state index in [0.717, 1.165) is 41.7 Å². The minimum Gasteiger partial charge on any atom is -0.515 e. The smallest absolute Gasteiger partial charge is 0.0827 e. The quantitative estimate of drug-likeness (QED) is 0.789. The number of para-hydroxylation sites is 1. The Labute approximate surface area is 113 Å². The molecule has 0 spiro atoms. The molecule has 96 valence electrons. The van der Waals surface area contributed by atoms with Crippen LogP contribution < -0.4 is 0 Å². The molecule has 0 aliphatic carbocycles. The molecular formula is C15H19NOS. The van der Waals surface area contributed by atoms with Gasteiger partial charge in [-0.25, -0.2) is 0 Å². The second-order valence-corrected chi connectivity index (χ2v) is 6.19. The average molecular weight is 261 g/mol. The van der Waals surface area contributed by atoms with Gasteiger partial charge in [-0.3, -0.25) is 4.99 Å². The molecule has 1 saturated heterocycles. The van der Waals surface area contributed by atoms with E-state index in [0.29, 0.717) is 5.25 Å². The summed E-state index contributed by atoms with van der Waals surface area (Å²) in [5, 5.41) is 9.81. The van der Waals surface area contributed by atoms with Crippen molar-refractivity contribution in [2.45, 2.75) is 31.9 Å². The van der Waals surface area contributed by atoms with Gasteiger partial charge in [0.2, 0.25) is 0 Å². The fourth-order valence-electron chi connectivity index (χ4n) is 2.12. The molecule has 1 aliphatic rings. The summed E-state index contributed by atoms with van der Waals surface area (Å²) in [7, 11) is 0. The molecule has 1 heterocycles. The third-order valence-electron chi connectivity index (χ3n) is 3.12. The topological polar surface area (TPSA) is 32.6 Å². The molecule has 2 rings (SSSR count). The van der Waals surface area contributed by atoms with E-state index in [1.807, 2.05) is 43.0 Å². The summed E-state index contributed by atoms with van der Waals surface area (Å²) in [6, 6.07) is 7.99. The van der Waals surface area contributed by atoms with E-state index in [4.69, 9.17) is 10.1 Å². The van der Waals surface area contributed by atoms with Crippen LogP contribution in [-0.4, -0.2) is 21.8 Å². The number of allylic oxidation sites excluding steroid dienone is 1. The number of benzene rings is 1. The Balaban J connectivity index is 2.31. The fraction of sp³-hybridized carbons (Fsp3) is 0.400. The number of hydrogen-bond acceptors (Lipinski definition) is 3. The van der Waals surface area contributed by atoms with Crippen molar-refractivity contribution in [2.24, 2.45) is 4.99 Å². The van der Waals surface area contributed by atoms with Crippen LogP contribution in [0.15, 0.2) is 35.5 Å². The van der Waals surface area contributed by atoms with Gasteiger partial charge in [-0.05, 0) is 37.2 Å². The molecule has 1 aliphatic heterocycles. The van der Waals surface area contributed by atoms with Gasteiger partial charge in [0.15, 0.2) is 0 Å². The highest BCUT2D eigenvalue weighted by molar-refractivity contribution is 8.00. The van der Waals surface area contributed by atoms with Crippen LogP contribution in [0, 0.1) is 0 Å². The Hall–Kier alpha value is -1.22. The maximum Gasteiger partial charge on any atom is 0.0827 e. The summed E-state index contributed by atoms with van der Waals surface area (Å²) in [6.45, 7) is 4.16. The third kappa shape index (κ3) is 3.16. The standard InChI is InChI=1S/C15H19NOS/c1-11(10-17)14-5-3-4-6-15(14)16-13-7-8-18-12(2)9-13/h3-6,10,12,17H,7-9H2,1-2H3/b11-10-,16-13?. The number of nitrogens with zero attached hydrogens (tertiary/aromatic N) is 1. The molecule has 3 heteroatoms. The van der Waals surface area contributed by atoms with Crippen LogP contribution >= 0.6 is 11.8 Å². The molecule has 1 aromatic carbocycles. The Bertz CT molecular complexity index is 479. The van der Waals surface area contributed by atoms with Crippen molar-refractivity contribution in [3.8, 4) is 0 Å². The lowest BCUT2D eigenvalue weighted by atomic mass is 10.1. The van der Waals surface area contributed by atoms with E-state index < -0.39 is 0 Å². The van der Waals surface area contributed by atoms with E-state index in [9.17, 15) is 0 Å². The average Bonchev–Trinajstić information content (AvgIpc) is 2.38. The molecule has 1 unspecified atom stereocenters. The first-order valence-electron chi connectivity index (χ1n) is 6.29. The monoisotopic (exact) mass is 261 g/mol. The summed E-state index contributed by atoms with van der Waals surface area (Å²) in [5.74, 6) is 1.16. The maximum absolute atomic E-state index is 9.15. The highest BCUT2D eigenvalue weighted by atomic mass is 32.2. The number of aliphatic hydroxyl groups excluding tert-OH is 1. The zero-order chi connectivity index (χ0) is 13.0. The summed E-state index contributed by atoms with van der Waals surface area (Å²) in [5.41, 5.74) is 4.11. The van der Waals surface area contributed by atoms with Crippen LogP contribution in [0.2, 0.25) is 0 Å². The molecule has 1 aromatic rings. The van der Waals surface area contributed by atoms with Crippen molar-refractivity contribution in [3.63, 3.8) is 0 Å². The molecule has 0 amide bonds. The van der Waals surface area contributed by atoms with Gasteiger partial charge >= 0.3 is 0 Å². The largest absolute Gasteiger partial charge is 0.515 e. The van der Waals surface area contributed by atoms with Crippen molar-refractivity contribution < 1.29 is 5.11 Å². The molecule has 1 N–H and O–H groups in total. The summed E-state index contributed by atoms with van der Waals surface area (Å²) in [6.07, 6.45) is 3.30. The van der Waals surface area contributed by atoms with Gasteiger partial charge in [0.25, 0.3) is 0 Å². The van der Waals surface area contributed by atoms with Crippen LogP contribution in [0.25, 0.3) is 5.57 Å². The Morgan fingerprint density at radius 3 is 2.94 bits per heavy atom. The number of rotatable bonds is 2. The normalized spacial score (nSPS) is 23.3. The molecular weight excluding hydrogens is 242 g/mol. The van der Waals surface area contributed by atoms with Gasteiger partial charge < -0.3 is 5.11 Å². The lowest BCUT2D eigenvalue weighted by molar-refractivity contribution is 0.475. The van der Waals surface area contributed by atoms with Crippen LogP contribution in [0.1, 0.15) is 32.3 Å². The predicted molar refractivity (Wildman–Crippen MR) is 81.0 cm³/mol. The molecule has 0 bridgehead atoms. The van der Waals surface area contributed by atoms with E-state index in [2.05, 4.69) is 6.92 Å². The summed E-state index contributed by atoms with van der Waals surface area (Å²) in [4.78, 5) is 4.79. The third-order valence-corrected chi connectivity index (χ3v) is 4.29. The summed E-state index contributed by atoms with van der Waals surface area (Å²) < 4.78 is 0. The van der Waals surface area contributed by atoms with Crippen LogP contribution in [0.5, 0.6) is 0 Å². The Morgan fingerprint density at radius 1 is 1.44 bits per heavy atom. The number of thioether (sulfide) groups is 1. The van der Waals surface area contributed by atoms with E-state index in [1.165, 1.54) is 5.71 Å². The van der Waals surface area contributed by atoms with Crippen LogP contribution in [0.4, 0.5) is 5.69 Å². The molecule has 0 radical (unpaired) electrons. The maximum atomic E-state index is 9.15. The van der Waals surface area contributed by atoms with Gasteiger partial charge in [0, 0.05) is 16.5 Å². The lowest BCUT2D eigenvalue weighted by Crippen LogP contribution is -2.15. The molecule has 0 saturated carbocycles. The van der Waals surface area contributed by atoms with Crippen LogP contribution in [0.3, 0.4) is 0 Å². The molecule has 1 fully saturated rings. The van der Waals surface area contributed by atoms with Gasteiger partial charge in [-0.2, -0.15) is 11.8 Å². The molecule has 1 atom stereocenters. The Morgan fingerprint density at radius 2 is 2.22 bits per heavy atom. The highest BCUT2D eigenvalue weighted by Crippen LogP contribution is 2.29. The van der Waals surface area contributed by atoms with E-state index in [-0.39, 0.29) is 0 Å². The molecule has 0 aromatic heterocycles. The van der Waals surface area contributed by atoms with Crippen molar-refractivity contribution in [2.75, 3.05) is 5.75 Å².